The molecule has 1 amide bonds. The van der Waals surface area contributed by atoms with Crippen LogP contribution in [0.15, 0.2) is 48.5 Å². The van der Waals surface area contributed by atoms with E-state index in [2.05, 4.69) is 20.6 Å². The molecule has 1 aromatic heterocycles. The quantitative estimate of drug-likeness (QED) is 0.707. The lowest BCUT2D eigenvalue weighted by molar-refractivity contribution is 0.102. The number of benzene rings is 2. The number of nitrogens with one attached hydrogen (secondary N) is 2. The Bertz CT molecular complexity index is 991. The normalized spacial score (nSPS) is 10.5. The largest absolute Gasteiger partial charge is 0.350 e. The van der Waals surface area contributed by atoms with Gasteiger partial charge in [0.2, 0.25) is 5.95 Å². The number of anilines is 2. The number of carbonyl (C=O) groups excluding carboxylic acids is 1. The fraction of sp³-hybridized carbons (Fsp3) is 0.150. The van der Waals surface area contributed by atoms with E-state index < -0.39 is 17.5 Å². The molecule has 3 aromatic rings. The van der Waals surface area contributed by atoms with Crippen molar-refractivity contribution in [1.82, 2.24) is 9.97 Å². The van der Waals surface area contributed by atoms with Crippen LogP contribution in [0.1, 0.15) is 27.3 Å². The molecule has 0 saturated heterocycles. The van der Waals surface area contributed by atoms with E-state index in [1.54, 1.807) is 6.92 Å². The van der Waals surface area contributed by atoms with E-state index in [0.29, 0.717) is 24.3 Å². The highest BCUT2D eigenvalue weighted by Gasteiger charge is 2.13. The molecule has 0 aliphatic heterocycles. The van der Waals surface area contributed by atoms with Gasteiger partial charge in [-0.3, -0.25) is 4.79 Å². The SMILES string of the molecule is Cc1cc(C(=O)Nc2ccc(F)cc2F)nc(NCc2ccccc2C)n1. The second-order valence-corrected chi connectivity index (χ2v) is 6.08. The van der Waals surface area contributed by atoms with Crippen molar-refractivity contribution < 1.29 is 13.6 Å². The van der Waals surface area contributed by atoms with Gasteiger partial charge in [-0.25, -0.2) is 18.7 Å². The zero-order valence-corrected chi connectivity index (χ0v) is 14.9. The lowest BCUT2D eigenvalue weighted by Crippen LogP contribution is -2.17. The van der Waals surface area contributed by atoms with Crippen LogP contribution in [0.2, 0.25) is 0 Å². The summed E-state index contributed by atoms with van der Waals surface area (Å²) in [5.74, 6) is -1.88. The van der Waals surface area contributed by atoms with Crippen molar-refractivity contribution >= 4 is 17.5 Å². The van der Waals surface area contributed by atoms with Crippen LogP contribution < -0.4 is 10.6 Å². The van der Waals surface area contributed by atoms with E-state index in [1.807, 2.05) is 31.2 Å². The van der Waals surface area contributed by atoms with Gasteiger partial charge < -0.3 is 10.6 Å². The summed E-state index contributed by atoms with van der Waals surface area (Å²) in [5.41, 5.74) is 2.76. The third-order valence-corrected chi connectivity index (χ3v) is 3.96. The minimum Gasteiger partial charge on any atom is -0.350 e. The van der Waals surface area contributed by atoms with Gasteiger partial charge in [0, 0.05) is 18.3 Å². The van der Waals surface area contributed by atoms with Crippen molar-refractivity contribution in [2.75, 3.05) is 10.6 Å². The Kier molecular flexibility index (Phi) is 5.40. The molecule has 138 valence electrons. The van der Waals surface area contributed by atoms with Crippen LogP contribution in [0.25, 0.3) is 0 Å². The minimum atomic E-state index is -0.855. The van der Waals surface area contributed by atoms with E-state index in [1.165, 1.54) is 6.07 Å². The van der Waals surface area contributed by atoms with Gasteiger partial charge >= 0.3 is 0 Å². The molecule has 5 nitrogen and oxygen atoms in total. The van der Waals surface area contributed by atoms with Crippen molar-refractivity contribution in [3.8, 4) is 0 Å². The summed E-state index contributed by atoms with van der Waals surface area (Å²) < 4.78 is 26.7. The number of carbonyl (C=O) groups is 1. The topological polar surface area (TPSA) is 66.9 Å². The second-order valence-electron chi connectivity index (χ2n) is 6.08. The van der Waals surface area contributed by atoms with Gasteiger partial charge in [-0.2, -0.15) is 0 Å². The standard InChI is InChI=1S/C20H18F2N4O/c1-12-5-3-4-6-14(12)11-23-20-24-13(2)9-18(26-20)19(27)25-17-8-7-15(21)10-16(17)22/h3-10H,11H2,1-2H3,(H,25,27)(H,23,24,26). The molecule has 3 rings (SSSR count). The fourth-order valence-corrected chi connectivity index (χ4v) is 2.52. The van der Waals surface area contributed by atoms with Gasteiger partial charge in [-0.1, -0.05) is 24.3 Å². The number of halogens is 2. The van der Waals surface area contributed by atoms with Crippen molar-refractivity contribution in [3.05, 3.63) is 82.7 Å². The maximum absolute atomic E-state index is 13.7. The van der Waals surface area contributed by atoms with Crippen LogP contribution >= 0.6 is 0 Å². The van der Waals surface area contributed by atoms with E-state index in [4.69, 9.17) is 0 Å². The molecule has 0 saturated carbocycles. The van der Waals surface area contributed by atoms with E-state index in [-0.39, 0.29) is 11.4 Å². The third-order valence-electron chi connectivity index (χ3n) is 3.96. The number of aromatic nitrogens is 2. The zero-order valence-electron chi connectivity index (χ0n) is 14.9. The predicted octanol–water partition coefficient (Wildman–Crippen LogP) is 4.24. The summed E-state index contributed by atoms with van der Waals surface area (Å²) in [6.07, 6.45) is 0. The summed E-state index contributed by atoms with van der Waals surface area (Å²) in [6.45, 7) is 4.24. The van der Waals surface area contributed by atoms with E-state index >= 15 is 0 Å². The molecular formula is C20H18F2N4O. The monoisotopic (exact) mass is 368 g/mol. The molecule has 2 N–H and O–H groups in total. The maximum Gasteiger partial charge on any atom is 0.274 e. The molecule has 0 aliphatic carbocycles. The molecule has 0 aliphatic rings. The molecule has 0 bridgehead atoms. The van der Waals surface area contributed by atoms with Gasteiger partial charge in [-0.05, 0) is 43.2 Å². The summed E-state index contributed by atoms with van der Waals surface area (Å²) in [5, 5.41) is 5.49. The van der Waals surface area contributed by atoms with E-state index in [0.717, 1.165) is 23.3 Å². The third kappa shape index (κ3) is 4.63. The van der Waals surface area contributed by atoms with Crippen LogP contribution in [0.4, 0.5) is 20.4 Å². The Hall–Kier alpha value is -3.35. The van der Waals surface area contributed by atoms with Crippen molar-refractivity contribution in [3.63, 3.8) is 0 Å². The van der Waals surface area contributed by atoms with Crippen LogP contribution in [-0.2, 0) is 6.54 Å². The average Bonchev–Trinajstić information content (AvgIpc) is 2.63. The fourth-order valence-electron chi connectivity index (χ4n) is 2.52. The van der Waals surface area contributed by atoms with Crippen molar-refractivity contribution in [2.24, 2.45) is 0 Å². The number of amides is 1. The first-order chi connectivity index (χ1) is 12.9. The number of hydrogen-bond acceptors (Lipinski definition) is 4. The molecule has 7 heteroatoms. The van der Waals surface area contributed by atoms with Crippen molar-refractivity contribution in [2.45, 2.75) is 20.4 Å². The van der Waals surface area contributed by atoms with Gasteiger partial charge in [0.15, 0.2) is 0 Å². The maximum atomic E-state index is 13.7. The number of aryl methyl sites for hydroxylation is 2. The first-order valence-corrected chi connectivity index (χ1v) is 8.33. The Morgan fingerprint density at radius 3 is 2.56 bits per heavy atom. The average molecular weight is 368 g/mol. The van der Waals surface area contributed by atoms with E-state index in [9.17, 15) is 13.6 Å². The van der Waals surface area contributed by atoms with Gasteiger partial charge in [0.05, 0.1) is 5.69 Å². The number of rotatable bonds is 5. The zero-order chi connectivity index (χ0) is 19.4. The summed E-state index contributed by atoms with van der Waals surface area (Å²) >= 11 is 0. The van der Waals surface area contributed by atoms with Crippen LogP contribution in [0.5, 0.6) is 0 Å². The minimum absolute atomic E-state index is 0.0820. The highest BCUT2D eigenvalue weighted by Crippen LogP contribution is 2.17. The molecule has 2 aromatic carbocycles. The Morgan fingerprint density at radius 2 is 1.81 bits per heavy atom. The number of nitrogens with zero attached hydrogens (tertiary/aromatic N) is 2. The van der Waals surface area contributed by atoms with Crippen LogP contribution in [0, 0.1) is 25.5 Å². The molecule has 0 radical (unpaired) electrons. The molecule has 1 heterocycles. The molecule has 0 spiro atoms. The second kappa shape index (κ2) is 7.90. The highest BCUT2D eigenvalue weighted by molar-refractivity contribution is 6.03. The first-order valence-electron chi connectivity index (χ1n) is 8.33. The molecule has 27 heavy (non-hydrogen) atoms. The number of hydrogen-bond donors (Lipinski definition) is 2. The summed E-state index contributed by atoms with van der Waals surface area (Å²) in [6, 6.07) is 12.3. The molecule has 0 fully saturated rings. The lowest BCUT2D eigenvalue weighted by Gasteiger charge is -2.10. The Balaban J connectivity index is 1.76. The molecule has 0 atom stereocenters. The predicted molar refractivity (Wildman–Crippen MR) is 99.6 cm³/mol. The Labute approximate surface area is 155 Å². The van der Waals surface area contributed by atoms with Gasteiger partial charge in [-0.15, -0.1) is 0 Å². The molecule has 0 unspecified atom stereocenters. The smallest absolute Gasteiger partial charge is 0.274 e. The van der Waals surface area contributed by atoms with Crippen LogP contribution in [0.3, 0.4) is 0 Å². The van der Waals surface area contributed by atoms with Crippen LogP contribution in [-0.4, -0.2) is 15.9 Å². The summed E-state index contributed by atoms with van der Waals surface area (Å²) in [7, 11) is 0. The first kappa shape index (κ1) is 18.4. The Morgan fingerprint density at radius 1 is 1.04 bits per heavy atom. The lowest BCUT2D eigenvalue weighted by atomic mass is 10.1. The van der Waals surface area contributed by atoms with Crippen molar-refractivity contribution in [1.29, 1.82) is 0 Å². The molecular weight excluding hydrogens is 350 g/mol. The van der Waals surface area contributed by atoms with Gasteiger partial charge in [0.25, 0.3) is 5.91 Å². The highest BCUT2D eigenvalue weighted by atomic mass is 19.1. The summed E-state index contributed by atoms with van der Waals surface area (Å²) in [4.78, 5) is 20.9. The van der Waals surface area contributed by atoms with Gasteiger partial charge in [0.1, 0.15) is 17.3 Å².